The lowest BCUT2D eigenvalue weighted by molar-refractivity contribution is -0.141. The minimum Gasteiger partial charge on any atom is -0.454 e. The maximum atomic E-state index is 13.9. The van der Waals surface area contributed by atoms with E-state index >= 15 is 0 Å². The standard InChI is InChI=1S/C31H33BrN2O4/c32-25-14-10-24(11-15-25)20-34(30(35)17-13-23-12-16-28-29(19-23)38-21-37-28)27(18-22-6-2-1-3-7-22)31(36)33-26-8-4-5-9-26/h1-3,6-7,10-12,14-16,19,26-27H,4-5,8-9,13,17-18,20-21H2,(H,33,36). The van der Waals surface area contributed by atoms with Crippen LogP contribution < -0.4 is 14.8 Å². The molecule has 1 atom stereocenters. The summed E-state index contributed by atoms with van der Waals surface area (Å²) >= 11 is 3.49. The third-order valence-corrected chi connectivity index (χ3v) is 7.83. The van der Waals surface area contributed by atoms with Crippen LogP contribution in [0.1, 0.15) is 48.8 Å². The van der Waals surface area contributed by atoms with Gasteiger partial charge in [0.1, 0.15) is 6.04 Å². The van der Waals surface area contributed by atoms with Crippen molar-refractivity contribution >= 4 is 27.7 Å². The molecule has 1 heterocycles. The lowest BCUT2D eigenvalue weighted by atomic mass is 10.0. The van der Waals surface area contributed by atoms with Crippen molar-refractivity contribution in [1.29, 1.82) is 0 Å². The fourth-order valence-corrected chi connectivity index (χ4v) is 5.46. The van der Waals surface area contributed by atoms with E-state index in [0.717, 1.165) is 52.6 Å². The lowest BCUT2D eigenvalue weighted by Crippen LogP contribution is -2.52. The first-order chi connectivity index (χ1) is 18.5. The van der Waals surface area contributed by atoms with Gasteiger partial charge < -0.3 is 19.7 Å². The highest BCUT2D eigenvalue weighted by Gasteiger charge is 2.32. The predicted octanol–water partition coefficient (Wildman–Crippen LogP) is 5.81. The Morgan fingerprint density at radius 1 is 0.895 bits per heavy atom. The topological polar surface area (TPSA) is 67.9 Å². The molecule has 0 saturated heterocycles. The largest absolute Gasteiger partial charge is 0.454 e. The van der Waals surface area contributed by atoms with E-state index < -0.39 is 6.04 Å². The summed E-state index contributed by atoms with van der Waals surface area (Å²) in [7, 11) is 0. The van der Waals surface area contributed by atoms with E-state index in [9.17, 15) is 9.59 Å². The maximum absolute atomic E-state index is 13.9. The fraction of sp³-hybridized carbons (Fsp3) is 0.355. The molecule has 5 rings (SSSR count). The van der Waals surface area contributed by atoms with Gasteiger partial charge >= 0.3 is 0 Å². The summed E-state index contributed by atoms with van der Waals surface area (Å²) < 4.78 is 11.9. The highest BCUT2D eigenvalue weighted by atomic mass is 79.9. The molecule has 0 radical (unpaired) electrons. The van der Waals surface area contributed by atoms with Crippen molar-refractivity contribution < 1.29 is 19.1 Å². The van der Waals surface area contributed by atoms with Crippen LogP contribution in [0, 0.1) is 0 Å². The van der Waals surface area contributed by atoms with Crippen molar-refractivity contribution in [1.82, 2.24) is 10.2 Å². The van der Waals surface area contributed by atoms with Gasteiger partial charge in [0.2, 0.25) is 18.6 Å². The SMILES string of the molecule is O=C(NC1CCCC1)C(Cc1ccccc1)N(Cc1ccc(Br)cc1)C(=O)CCc1ccc2c(c1)OCO2. The third-order valence-electron chi connectivity index (χ3n) is 7.30. The first kappa shape index (κ1) is 26.3. The number of hydrogen-bond donors (Lipinski definition) is 1. The van der Waals surface area contributed by atoms with Crippen molar-refractivity contribution in [2.75, 3.05) is 6.79 Å². The van der Waals surface area contributed by atoms with E-state index in [0.29, 0.717) is 25.1 Å². The van der Waals surface area contributed by atoms with E-state index in [2.05, 4.69) is 21.2 Å². The number of fused-ring (bicyclic) bond motifs is 1. The number of aryl methyl sites for hydroxylation is 1. The summed E-state index contributed by atoms with van der Waals surface area (Å²) in [5, 5.41) is 3.26. The van der Waals surface area contributed by atoms with Gasteiger partial charge in [0.25, 0.3) is 0 Å². The van der Waals surface area contributed by atoms with Crippen LogP contribution in [0.15, 0.2) is 77.3 Å². The summed E-state index contributed by atoms with van der Waals surface area (Å²) in [4.78, 5) is 29.4. The Hall–Kier alpha value is -3.32. The van der Waals surface area contributed by atoms with Gasteiger partial charge in [-0.15, -0.1) is 0 Å². The molecule has 0 aromatic heterocycles. The van der Waals surface area contributed by atoms with Crippen LogP contribution in [0.3, 0.4) is 0 Å². The molecule has 198 valence electrons. The minimum atomic E-state index is -0.606. The molecule has 3 aromatic carbocycles. The van der Waals surface area contributed by atoms with Crippen molar-refractivity contribution in [2.24, 2.45) is 0 Å². The van der Waals surface area contributed by atoms with Gasteiger partial charge in [-0.3, -0.25) is 9.59 Å². The third kappa shape index (κ3) is 6.76. The van der Waals surface area contributed by atoms with Crippen molar-refractivity contribution in [3.63, 3.8) is 0 Å². The minimum absolute atomic E-state index is 0.0481. The van der Waals surface area contributed by atoms with E-state index in [1.54, 1.807) is 4.90 Å². The number of benzene rings is 3. The van der Waals surface area contributed by atoms with E-state index in [4.69, 9.17) is 9.47 Å². The molecule has 1 fully saturated rings. The van der Waals surface area contributed by atoms with Gasteiger partial charge in [0.15, 0.2) is 11.5 Å². The van der Waals surface area contributed by atoms with Gasteiger partial charge in [-0.05, 0) is 60.2 Å². The zero-order chi connectivity index (χ0) is 26.3. The number of carbonyl (C=O) groups is 2. The number of carbonyl (C=O) groups excluding carboxylic acids is 2. The van der Waals surface area contributed by atoms with E-state index in [1.807, 2.05) is 72.8 Å². The Morgan fingerprint density at radius 2 is 1.61 bits per heavy atom. The molecule has 2 amide bonds. The Labute approximate surface area is 232 Å². The molecule has 38 heavy (non-hydrogen) atoms. The molecular weight excluding hydrogens is 544 g/mol. The second-order valence-corrected chi connectivity index (χ2v) is 10.9. The fourth-order valence-electron chi connectivity index (χ4n) is 5.20. The Balaban J connectivity index is 1.39. The van der Waals surface area contributed by atoms with Gasteiger partial charge in [-0.25, -0.2) is 0 Å². The second-order valence-electron chi connectivity index (χ2n) is 10.0. The number of halogens is 1. The summed E-state index contributed by atoms with van der Waals surface area (Å²) in [5.74, 6) is 1.31. The monoisotopic (exact) mass is 576 g/mol. The Morgan fingerprint density at radius 3 is 2.37 bits per heavy atom. The molecule has 1 saturated carbocycles. The number of ether oxygens (including phenoxy) is 2. The summed E-state index contributed by atoms with van der Waals surface area (Å²) in [5.41, 5.74) is 3.01. The maximum Gasteiger partial charge on any atom is 0.243 e. The quantitative estimate of drug-likeness (QED) is 0.331. The van der Waals surface area contributed by atoms with E-state index in [1.165, 1.54) is 0 Å². The smallest absolute Gasteiger partial charge is 0.243 e. The summed E-state index contributed by atoms with van der Waals surface area (Å²) in [6, 6.07) is 23.2. The van der Waals surface area contributed by atoms with Crippen molar-refractivity contribution in [2.45, 2.75) is 63.6 Å². The molecule has 7 heteroatoms. The molecule has 3 aromatic rings. The first-order valence-corrected chi connectivity index (χ1v) is 14.1. The van der Waals surface area contributed by atoms with Crippen molar-refractivity contribution in [3.8, 4) is 11.5 Å². The number of nitrogens with zero attached hydrogens (tertiary/aromatic N) is 1. The van der Waals surface area contributed by atoms with Crippen LogP contribution >= 0.6 is 15.9 Å². The molecule has 1 N–H and O–H groups in total. The first-order valence-electron chi connectivity index (χ1n) is 13.3. The Kier molecular flexibility index (Phi) is 8.64. The van der Waals surface area contributed by atoms with Crippen LogP contribution in [0.5, 0.6) is 11.5 Å². The van der Waals surface area contributed by atoms with Gasteiger partial charge in [0, 0.05) is 29.9 Å². The Bertz CT molecular complexity index is 1240. The average molecular weight is 578 g/mol. The second kappa shape index (κ2) is 12.5. The van der Waals surface area contributed by atoms with Crippen LogP contribution in [-0.2, 0) is 29.0 Å². The molecule has 2 aliphatic rings. The van der Waals surface area contributed by atoms with Crippen LogP contribution in [-0.4, -0.2) is 35.6 Å². The summed E-state index contributed by atoms with van der Waals surface area (Å²) in [6.07, 6.45) is 5.55. The predicted molar refractivity (Wildman–Crippen MR) is 150 cm³/mol. The highest BCUT2D eigenvalue weighted by molar-refractivity contribution is 9.10. The average Bonchev–Trinajstić information content (AvgIpc) is 3.62. The molecule has 6 nitrogen and oxygen atoms in total. The highest BCUT2D eigenvalue weighted by Crippen LogP contribution is 2.33. The van der Waals surface area contributed by atoms with Crippen LogP contribution in [0.25, 0.3) is 0 Å². The van der Waals surface area contributed by atoms with Crippen molar-refractivity contribution in [3.05, 3.63) is 94.0 Å². The zero-order valence-electron chi connectivity index (χ0n) is 21.4. The molecule has 1 aliphatic carbocycles. The number of rotatable bonds is 10. The lowest BCUT2D eigenvalue weighted by Gasteiger charge is -2.32. The van der Waals surface area contributed by atoms with Crippen LogP contribution in [0.2, 0.25) is 0 Å². The number of hydrogen-bond acceptors (Lipinski definition) is 4. The normalized spacial score (nSPS) is 15.3. The number of nitrogens with one attached hydrogen (secondary N) is 1. The molecular formula is C31H33BrN2O4. The molecule has 0 spiro atoms. The molecule has 1 aliphatic heterocycles. The van der Waals surface area contributed by atoms with Gasteiger partial charge in [-0.2, -0.15) is 0 Å². The van der Waals surface area contributed by atoms with Crippen LogP contribution in [0.4, 0.5) is 0 Å². The zero-order valence-corrected chi connectivity index (χ0v) is 23.0. The van der Waals surface area contributed by atoms with Gasteiger partial charge in [-0.1, -0.05) is 77.3 Å². The molecule has 1 unspecified atom stereocenters. The summed E-state index contributed by atoms with van der Waals surface area (Å²) in [6.45, 7) is 0.582. The number of amides is 2. The van der Waals surface area contributed by atoms with Gasteiger partial charge in [0.05, 0.1) is 0 Å². The molecule has 0 bridgehead atoms. The van der Waals surface area contributed by atoms with E-state index in [-0.39, 0.29) is 31.1 Å².